The van der Waals surface area contributed by atoms with E-state index in [-0.39, 0.29) is 18.3 Å². The average molecular weight is 275 g/mol. The van der Waals surface area contributed by atoms with Crippen molar-refractivity contribution in [3.05, 3.63) is 42.2 Å². The average Bonchev–Trinajstić information content (AvgIpc) is 2.48. The molecular formula is C15H18FN3O. The number of carbonyl (C=O) groups excluding carboxylic acids is 1. The van der Waals surface area contributed by atoms with Crippen LogP contribution < -0.4 is 10.7 Å². The largest absolute Gasteiger partial charge is 0.376 e. The molecule has 2 N–H and O–H groups in total. The molecule has 1 atom stereocenters. The van der Waals surface area contributed by atoms with Gasteiger partial charge in [-0.15, -0.1) is 0 Å². The summed E-state index contributed by atoms with van der Waals surface area (Å²) >= 11 is 0. The minimum atomic E-state index is -0.300. The molecule has 0 aromatic heterocycles. The Hall–Kier alpha value is -2.17. The number of amides is 1. The fraction of sp³-hybridized carbons (Fsp3) is 0.333. The van der Waals surface area contributed by atoms with Crippen molar-refractivity contribution in [1.29, 1.82) is 0 Å². The normalized spacial score (nSPS) is 18.1. The molecule has 0 saturated carbocycles. The van der Waals surface area contributed by atoms with Crippen molar-refractivity contribution in [2.45, 2.75) is 19.3 Å². The highest BCUT2D eigenvalue weighted by atomic mass is 19.1. The topological polar surface area (TPSA) is 53.5 Å². The number of carbonyl (C=O) groups is 1. The van der Waals surface area contributed by atoms with Gasteiger partial charge in [0.25, 0.3) is 5.91 Å². The monoisotopic (exact) mass is 275 g/mol. The van der Waals surface area contributed by atoms with E-state index in [0.717, 1.165) is 19.3 Å². The molecule has 1 aliphatic carbocycles. The maximum Gasteiger partial charge on any atom is 0.259 e. The predicted octanol–water partition coefficient (Wildman–Crippen LogP) is 2.70. The Labute approximate surface area is 117 Å². The number of hydrogen-bond donors (Lipinski definition) is 2. The quantitative estimate of drug-likeness (QED) is 0.493. The molecule has 1 amide bonds. The van der Waals surface area contributed by atoms with E-state index in [9.17, 15) is 9.18 Å². The van der Waals surface area contributed by atoms with Crippen LogP contribution in [0.5, 0.6) is 0 Å². The molecule has 0 aliphatic heterocycles. The standard InChI is InChI=1S/C15H18FN3O/c16-13-6-8-14(9-7-13)17-11-15(20)19-18-10-12-4-2-1-3-5-12/h1-2,6-10,12,17H,3-5,11H2,(H,19,20)/b18-10-/t12-/m1/s1. The van der Waals surface area contributed by atoms with E-state index in [1.807, 2.05) is 0 Å². The first-order chi connectivity index (χ1) is 9.74. The van der Waals surface area contributed by atoms with Crippen molar-refractivity contribution in [3.63, 3.8) is 0 Å². The molecule has 0 bridgehead atoms. The summed E-state index contributed by atoms with van der Waals surface area (Å²) in [7, 11) is 0. The van der Waals surface area contributed by atoms with Crippen LogP contribution in [0.4, 0.5) is 10.1 Å². The summed E-state index contributed by atoms with van der Waals surface area (Å²) in [5.41, 5.74) is 3.18. The Morgan fingerprint density at radius 3 is 2.85 bits per heavy atom. The van der Waals surface area contributed by atoms with Gasteiger partial charge in [0.15, 0.2) is 0 Å². The van der Waals surface area contributed by atoms with Gasteiger partial charge < -0.3 is 5.32 Å². The third-order valence-electron chi connectivity index (χ3n) is 3.08. The van der Waals surface area contributed by atoms with Crippen molar-refractivity contribution in [2.75, 3.05) is 11.9 Å². The lowest BCUT2D eigenvalue weighted by Crippen LogP contribution is -2.26. The molecule has 1 aliphatic rings. The highest BCUT2D eigenvalue weighted by Crippen LogP contribution is 2.15. The van der Waals surface area contributed by atoms with E-state index in [0.29, 0.717) is 11.6 Å². The zero-order chi connectivity index (χ0) is 14.2. The summed E-state index contributed by atoms with van der Waals surface area (Å²) in [4.78, 5) is 11.5. The summed E-state index contributed by atoms with van der Waals surface area (Å²) in [6.07, 6.45) is 9.21. The van der Waals surface area contributed by atoms with Crippen LogP contribution in [0.3, 0.4) is 0 Å². The van der Waals surface area contributed by atoms with Crippen LogP contribution in [-0.2, 0) is 4.79 Å². The fourth-order valence-electron chi connectivity index (χ4n) is 1.96. The smallest absolute Gasteiger partial charge is 0.259 e. The molecular weight excluding hydrogens is 257 g/mol. The second kappa shape index (κ2) is 7.43. The Kier molecular flexibility index (Phi) is 5.29. The first-order valence-electron chi connectivity index (χ1n) is 6.70. The molecule has 1 aromatic carbocycles. The molecule has 0 unspecified atom stereocenters. The van der Waals surface area contributed by atoms with Crippen LogP contribution in [0, 0.1) is 11.7 Å². The highest BCUT2D eigenvalue weighted by Gasteiger charge is 2.06. The third kappa shape index (κ3) is 4.84. The van der Waals surface area contributed by atoms with Crippen molar-refractivity contribution in [2.24, 2.45) is 11.0 Å². The molecule has 20 heavy (non-hydrogen) atoms. The van der Waals surface area contributed by atoms with Crippen LogP contribution in [0.2, 0.25) is 0 Å². The number of benzene rings is 1. The van der Waals surface area contributed by atoms with Gasteiger partial charge in [-0.05, 0) is 49.4 Å². The lowest BCUT2D eigenvalue weighted by atomic mass is 9.96. The van der Waals surface area contributed by atoms with E-state index in [1.165, 1.54) is 12.1 Å². The van der Waals surface area contributed by atoms with Crippen LogP contribution in [0.15, 0.2) is 41.5 Å². The van der Waals surface area contributed by atoms with E-state index in [4.69, 9.17) is 0 Å². The first kappa shape index (κ1) is 14.2. The van der Waals surface area contributed by atoms with Gasteiger partial charge in [0.1, 0.15) is 5.82 Å². The number of nitrogens with one attached hydrogen (secondary N) is 2. The Balaban J connectivity index is 1.68. The number of allylic oxidation sites excluding steroid dienone is 2. The summed E-state index contributed by atoms with van der Waals surface area (Å²) in [6.45, 7) is 0.105. The molecule has 2 rings (SSSR count). The molecule has 0 fully saturated rings. The van der Waals surface area contributed by atoms with Gasteiger partial charge in [-0.2, -0.15) is 5.10 Å². The number of rotatable bonds is 5. The molecule has 0 saturated heterocycles. The summed E-state index contributed by atoms with van der Waals surface area (Å²) in [6, 6.07) is 5.85. The number of halogens is 1. The van der Waals surface area contributed by atoms with Crippen molar-refractivity contribution in [3.8, 4) is 0 Å². The van der Waals surface area contributed by atoms with Crippen molar-refractivity contribution >= 4 is 17.8 Å². The van der Waals surface area contributed by atoms with Crippen LogP contribution in [0.25, 0.3) is 0 Å². The van der Waals surface area contributed by atoms with E-state index in [1.54, 1.807) is 18.3 Å². The Morgan fingerprint density at radius 1 is 1.35 bits per heavy atom. The molecule has 5 heteroatoms. The lowest BCUT2D eigenvalue weighted by molar-refractivity contribution is -0.119. The first-order valence-corrected chi connectivity index (χ1v) is 6.70. The van der Waals surface area contributed by atoms with E-state index in [2.05, 4.69) is 28.0 Å². The molecule has 4 nitrogen and oxygen atoms in total. The van der Waals surface area contributed by atoms with Gasteiger partial charge in [0.05, 0.1) is 6.54 Å². The second-order valence-electron chi connectivity index (χ2n) is 4.72. The zero-order valence-electron chi connectivity index (χ0n) is 11.2. The minimum absolute atomic E-state index is 0.105. The van der Waals surface area contributed by atoms with E-state index >= 15 is 0 Å². The Bertz CT molecular complexity index is 496. The van der Waals surface area contributed by atoms with Gasteiger partial charge >= 0.3 is 0 Å². The second-order valence-corrected chi connectivity index (χ2v) is 4.72. The van der Waals surface area contributed by atoms with Gasteiger partial charge in [-0.1, -0.05) is 12.2 Å². The number of nitrogens with zero attached hydrogens (tertiary/aromatic N) is 1. The molecule has 0 spiro atoms. The van der Waals surface area contributed by atoms with Crippen molar-refractivity contribution in [1.82, 2.24) is 5.43 Å². The van der Waals surface area contributed by atoms with Crippen molar-refractivity contribution < 1.29 is 9.18 Å². The number of hydrogen-bond acceptors (Lipinski definition) is 3. The summed E-state index contributed by atoms with van der Waals surface area (Å²) in [5, 5.41) is 6.86. The van der Waals surface area contributed by atoms with Gasteiger partial charge in [0.2, 0.25) is 0 Å². The third-order valence-corrected chi connectivity index (χ3v) is 3.08. The number of anilines is 1. The predicted molar refractivity (Wildman–Crippen MR) is 78.0 cm³/mol. The fourth-order valence-corrected chi connectivity index (χ4v) is 1.96. The maximum atomic E-state index is 12.7. The molecule has 0 radical (unpaired) electrons. The van der Waals surface area contributed by atoms with Crippen LogP contribution >= 0.6 is 0 Å². The van der Waals surface area contributed by atoms with Crippen LogP contribution in [-0.4, -0.2) is 18.7 Å². The van der Waals surface area contributed by atoms with Gasteiger partial charge in [-0.25, -0.2) is 9.82 Å². The Morgan fingerprint density at radius 2 is 2.15 bits per heavy atom. The summed E-state index contributed by atoms with van der Waals surface area (Å²) < 4.78 is 12.7. The molecule has 106 valence electrons. The zero-order valence-corrected chi connectivity index (χ0v) is 11.2. The highest BCUT2D eigenvalue weighted by molar-refractivity contribution is 5.81. The molecule has 1 aromatic rings. The van der Waals surface area contributed by atoms with E-state index < -0.39 is 0 Å². The van der Waals surface area contributed by atoms with Gasteiger partial charge in [0, 0.05) is 11.9 Å². The SMILES string of the molecule is O=C(CNc1ccc(F)cc1)N/N=C\[C@@H]1CC=CCC1. The number of hydrazone groups is 1. The minimum Gasteiger partial charge on any atom is -0.376 e. The van der Waals surface area contributed by atoms with Crippen LogP contribution in [0.1, 0.15) is 19.3 Å². The summed E-state index contributed by atoms with van der Waals surface area (Å²) in [5.74, 6) is -0.117. The lowest BCUT2D eigenvalue weighted by Gasteiger charge is -2.11. The van der Waals surface area contributed by atoms with Gasteiger partial charge in [-0.3, -0.25) is 4.79 Å². The maximum absolute atomic E-state index is 12.7. The molecule has 0 heterocycles.